The van der Waals surface area contributed by atoms with E-state index < -0.39 is 24.2 Å². The molecule has 0 aliphatic carbocycles. The third-order valence-corrected chi connectivity index (χ3v) is 4.45. The first-order chi connectivity index (χ1) is 13.0. The first kappa shape index (κ1) is 18.5. The van der Waals surface area contributed by atoms with Crippen LogP contribution in [0.25, 0.3) is 0 Å². The SMILES string of the molecule is O=C(COC(=O)c1cccc(NC(=O)c2cccs2)c1)c1cccc(F)c1. The molecular weight excluding hydrogens is 369 g/mol. The number of amides is 1. The van der Waals surface area contributed by atoms with Crippen LogP contribution in [0.4, 0.5) is 10.1 Å². The molecule has 1 heterocycles. The Morgan fingerprint density at radius 2 is 1.74 bits per heavy atom. The molecule has 0 saturated heterocycles. The molecule has 7 heteroatoms. The number of rotatable bonds is 6. The highest BCUT2D eigenvalue weighted by atomic mass is 32.1. The molecule has 136 valence electrons. The number of carbonyl (C=O) groups is 3. The van der Waals surface area contributed by atoms with Gasteiger partial charge in [-0.3, -0.25) is 9.59 Å². The van der Waals surface area contributed by atoms with Crippen LogP contribution in [-0.4, -0.2) is 24.3 Å². The van der Waals surface area contributed by atoms with Gasteiger partial charge >= 0.3 is 5.97 Å². The molecule has 27 heavy (non-hydrogen) atoms. The van der Waals surface area contributed by atoms with Gasteiger partial charge in [-0.2, -0.15) is 0 Å². The first-order valence-corrected chi connectivity index (χ1v) is 8.82. The number of esters is 1. The summed E-state index contributed by atoms with van der Waals surface area (Å²) >= 11 is 1.30. The lowest BCUT2D eigenvalue weighted by Crippen LogP contribution is -2.15. The van der Waals surface area contributed by atoms with E-state index in [2.05, 4.69) is 5.32 Å². The van der Waals surface area contributed by atoms with Crippen molar-refractivity contribution >= 4 is 34.7 Å². The van der Waals surface area contributed by atoms with Gasteiger partial charge < -0.3 is 10.1 Å². The van der Waals surface area contributed by atoms with Gasteiger partial charge in [-0.1, -0.05) is 24.3 Å². The van der Waals surface area contributed by atoms with Crippen LogP contribution in [0, 0.1) is 5.82 Å². The fourth-order valence-electron chi connectivity index (χ4n) is 2.28. The Balaban J connectivity index is 1.61. The van der Waals surface area contributed by atoms with E-state index in [-0.39, 0.29) is 17.0 Å². The lowest BCUT2D eigenvalue weighted by atomic mass is 10.1. The van der Waals surface area contributed by atoms with E-state index in [9.17, 15) is 18.8 Å². The second-order valence-electron chi connectivity index (χ2n) is 5.52. The minimum Gasteiger partial charge on any atom is -0.454 e. The molecule has 0 atom stereocenters. The highest BCUT2D eigenvalue weighted by Crippen LogP contribution is 2.16. The second-order valence-corrected chi connectivity index (χ2v) is 6.47. The smallest absolute Gasteiger partial charge is 0.338 e. The molecule has 0 fully saturated rings. The van der Waals surface area contributed by atoms with Crippen LogP contribution >= 0.6 is 11.3 Å². The fourth-order valence-corrected chi connectivity index (χ4v) is 2.90. The molecule has 1 N–H and O–H groups in total. The Morgan fingerprint density at radius 3 is 2.48 bits per heavy atom. The second kappa shape index (κ2) is 8.37. The standard InChI is InChI=1S/C20H14FNO4S/c21-15-6-1-4-13(10-15)17(23)12-26-20(25)14-5-2-7-16(11-14)22-19(24)18-8-3-9-27-18/h1-11H,12H2,(H,22,24). The van der Waals surface area contributed by atoms with E-state index in [1.165, 1.54) is 41.7 Å². The summed E-state index contributed by atoms with van der Waals surface area (Å²) in [4.78, 5) is 36.7. The van der Waals surface area contributed by atoms with Crippen LogP contribution in [0.1, 0.15) is 30.4 Å². The molecule has 2 aromatic carbocycles. The number of hydrogen-bond acceptors (Lipinski definition) is 5. The van der Waals surface area contributed by atoms with Crippen molar-refractivity contribution in [3.63, 3.8) is 0 Å². The maximum Gasteiger partial charge on any atom is 0.338 e. The van der Waals surface area contributed by atoms with E-state index in [4.69, 9.17) is 4.74 Å². The number of thiophene rings is 1. The predicted molar refractivity (Wildman–Crippen MR) is 99.7 cm³/mol. The van der Waals surface area contributed by atoms with Gasteiger partial charge in [0.05, 0.1) is 10.4 Å². The number of ether oxygens (including phenoxy) is 1. The highest BCUT2D eigenvalue weighted by molar-refractivity contribution is 7.12. The van der Waals surface area contributed by atoms with Crippen LogP contribution in [0.5, 0.6) is 0 Å². The van der Waals surface area contributed by atoms with Crippen LogP contribution < -0.4 is 5.32 Å². The molecule has 3 rings (SSSR count). The molecule has 1 aromatic heterocycles. The zero-order valence-corrected chi connectivity index (χ0v) is 14.8. The van der Waals surface area contributed by atoms with Crippen LogP contribution in [0.2, 0.25) is 0 Å². The lowest BCUT2D eigenvalue weighted by molar-refractivity contribution is 0.0474. The van der Waals surface area contributed by atoms with E-state index in [1.54, 1.807) is 29.6 Å². The summed E-state index contributed by atoms with van der Waals surface area (Å²) in [6, 6.07) is 14.8. The Bertz CT molecular complexity index is 985. The van der Waals surface area contributed by atoms with Crippen molar-refractivity contribution in [3.05, 3.63) is 87.9 Å². The average molecular weight is 383 g/mol. The number of benzene rings is 2. The van der Waals surface area contributed by atoms with Crippen LogP contribution in [0.3, 0.4) is 0 Å². The molecule has 3 aromatic rings. The molecule has 0 unspecified atom stereocenters. The van der Waals surface area contributed by atoms with E-state index in [0.717, 1.165) is 6.07 Å². The minimum absolute atomic E-state index is 0.125. The third-order valence-electron chi connectivity index (χ3n) is 3.58. The topological polar surface area (TPSA) is 72.5 Å². The zero-order valence-electron chi connectivity index (χ0n) is 14.0. The molecule has 0 saturated carbocycles. The summed E-state index contributed by atoms with van der Waals surface area (Å²) in [7, 11) is 0. The Hall–Kier alpha value is -3.32. The lowest BCUT2D eigenvalue weighted by Gasteiger charge is -2.07. The summed E-state index contributed by atoms with van der Waals surface area (Å²) in [6.45, 7) is -0.506. The third kappa shape index (κ3) is 4.86. The molecule has 5 nitrogen and oxygen atoms in total. The minimum atomic E-state index is -0.716. The number of ketones is 1. The van der Waals surface area contributed by atoms with Gasteiger partial charge in [-0.05, 0) is 41.8 Å². The van der Waals surface area contributed by atoms with Crippen molar-refractivity contribution in [2.24, 2.45) is 0 Å². The zero-order chi connectivity index (χ0) is 19.2. The summed E-state index contributed by atoms with van der Waals surface area (Å²) in [5.74, 6) is -2.05. The van der Waals surface area contributed by atoms with Crippen molar-refractivity contribution < 1.29 is 23.5 Å². The first-order valence-electron chi connectivity index (χ1n) is 7.94. The quantitative estimate of drug-likeness (QED) is 0.512. The van der Waals surface area contributed by atoms with Crippen molar-refractivity contribution in [2.75, 3.05) is 11.9 Å². The van der Waals surface area contributed by atoms with E-state index in [0.29, 0.717) is 10.6 Å². The summed E-state index contributed by atoms with van der Waals surface area (Å²) in [5, 5.41) is 4.48. The number of carbonyl (C=O) groups excluding carboxylic acids is 3. The van der Waals surface area contributed by atoms with Gasteiger partial charge in [0.1, 0.15) is 5.82 Å². The van der Waals surface area contributed by atoms with Crippen molar-refractivity contribution in [2.45, 2.75) is 0 Å². The van der Waals surface area contributed by atoms with Gasteiger partial charge in [0.15, 0.2) is 12.4 Å². The van der Waals surface area contributed by atoms with Gasteiger partial charge in [-0.25, -0.2) is 9.18 Å². The predicted octanol–water partition coefficient (Wildman–Crippen LogP) is 4.18. The Kier molecular flexibility index (Phi) is 5.73. The monoisotopic (exact) mass is 383 g/mol. The Morgan fingerprint density at radius 1 is 0.963 bits per heavy atom. The maximum atomic E-state index is 13.1. The van der Waals surface area contributed by atoms with Crippen molar-refractivity contribution in [3.8, 4) is 0 Å². The number of halogens is 1. The number of anilines is 1. The van der Waals surface area contributed by atoms with Gasteiger partial charge in [0.2, 0.25) is 0 Å². The molecule has 0 aliphatic heterocycles. The molecule has 1 amide bonds. The van der Waals surface area contributed by atoms with Crippen LogP contribution in [-0.2, 0) is 4.74 Å². The molecule has 0 aliphatic rings. The van der Waals surface area contributed by atoms with Gasteiger partial charge in [-0.15, -0.1) is 11.3 Å². The fraction of sp³-hybridized carbons (Fsp3) is 0.0500. The Labute approximate surface area is 158 Å². The number of Topliss-reactive ketones (excluding diaryl/α,β-unsaturated/α-hetero) is 1. The number of nitrogens with one attached hydrogen (secondary N) is 1. The summed E-state index contributed by atoms with van der Waals surface area (Å²) in [5.41, 5.74) is 0.741. The molecule has 0 spiro atoms. The van der Waals surface area contributed by atoms with E-state index >= 15 is 0 Å². The average Bonchev–Trinajstić information content (AvgIpc) is 3.21. The summed E-state index contributed by atoms with van der Waals surface area (Å²) in [6.07, 6.45) is 0. The van der Waals surface area contributed by atoms with Gasteiger partial charge in [0, 0.05) is 11.3 Å². The number of hydrogen-bond donors (Lipinski definition) is 1. The normalized spacial score (nSPS) is 10.3. The van der Waals surface area contributed by atoms with Gasteiger partial charge in [0.25, 0.3) is 5.91 Å². The largest absolute Gasteiger partial charge is 0.454 e. The summed E-state index contributed by atoms with van der Waals surface area (Å²) < 4.78 is 18.1. The molecule has 0 radical (unpaired) electrons. The van der Waals surface area contributed by atoms with E-state index in [1.807, 2.05) is 0 Å². The highest BCUT2D eigenvalue weighted by Gasteiger charge is 2.14. The molecular formula is C20H14FNO4S. The van der Waals surface area contributed by atoms with Crippen LogP contribution in [0.15, 0.2) is 66.0 Å². The molecule has 0 bridgehead atoms. The van der Waals surface area contributed by atoms with Crippen molar-refractivity contribution in [1.29, 1.82) is 0 Å². The maximum absolute atomic E-state index is 13.1. The van der Waals surface area contributed by atoms with Crippen molar-refractivity contribution in [1.82, 2.24) is 0 Å².